The van der Waals surface area contributed by atoms with Gasteiger partial charge in [-0.2, -0.15) is 0 Å². The van der Waals surface area contributed by atoms with E-state index in [0.29, 0.717) is 5.56 Å². The third kappa shape index (κ3) is 3.39. The number of thiophene rings is 1. The number of aryl methyl sites for hydroxylation is 3. The maximum Gasteiger partial charge on any atom is 0.340 e. The Kier molecular flexibility index (Phi) is 4.79. The summed E-state index contributed by atoms with van der Waals surface area (Å²) < 4.78 is 4.80. The van der Waals surface area contributed by atoms with Crippen LogP contribution in [0.5, 0.6) is 0 Å². The minimum atomic E-state index is -0.285. The molecule has 2 rings (SSSR count). The highest BCUT2D eigenvalue weighted by atomic mass is 32.1. The van der Waals surface area contributed by atoms with Crippen LogP contribution in [0.25, 0.3) is 0 Å². The molecule has 0 saturated heterocycles. The Balaban J connectivity index is 2.08. The van der Waals surface area contributed by atoms with Gasteiger partial charge in [-0.05, 0) is 31.4 Å². The van der Waals surface area contributed by atoms with Crippen molar-refractivity contribution in [2.45, 2.75) is 19.8 Å². The van der Waals surface area contributed by atoms with Crippen LogP contribution in [0.4, 0.5) is 5.00 Å². The minimum Gasteiger partial charge on any atom is -0.465 e. The van der Waals surface area contributed by atoms with Crippen LogP contribution in [0.2, 0.25) is 0 Å². The molecule has 0 amide bonds. The van der Waals surface area contributed by atoms with Gasteiger partial charge in [0.05, 0.1) is 12.7 Å². The molecule has 1 aromatic carbocycles. The van der Waals surface area contributed by atoms with E-state index in [9.17, 15) is 4.79 Å². The maximum absolute atomic E-state index is 11.7. The van der Waals surface area contributed by atoms with Gasteiger partial charge in [0.15, 0.2) is 0 Å². The number of esters is 1. The summed E-state index contributed by atoms with van der Waals surface area (Å²) in [7, 11) is 3.23. The molecule has 1 aromatic heterocycles. The molecule has 0 saturated carbocycles. The molecule has 1 heterocycles. The number of benzene rings is 1. The third-order valence-electron chi connectivity index (χ3n) is 3.20. The predicted octanol–water partition coefficient (Wildman–Crippen LogP) is 3.67. The summed E-state index contributed by atoms with van der Waals surface area (Å²) in [5.74, 6) is -0.285. The number of carbonyl (C=O) groups is 1. The summed E-state index contributed by atoms with van der Waals surface area (Å²) in [6.45, 7) is 2.09. The quantitative estimate of drug-likeness (QED) is 0.854. The van der Waals surface area contributed by atoms with Crippen molar-refractivity contribution in [3.63, 3.8) is 0 Å². The molecule has 0 aliphatic heterocycles. The number of methoxy groups -OCH3 is 1. The van der Waals surface area contributed by atoms with E-state index in [-0.39, 0.29) is 5.97 Å². The molecule has 20 heavy (non-hydrogen) atoms. The van der Waals surface area contributed by atoms with Gasteiger partial charge in [0.1, 0.15) is 5.00 Å². The molecule has 2 aromatic rings. The summed E-state index contributed by atoms with van der Waals surface area (Å²) in [4.78, 5) is 12.9. The summed E-state index contributed by atoms with van der Waals surface area (Å²) in [6, 6.07) is 10.5. The van der Waals surface area contributed by atoms with Crippen LogP contribution in [0.1, 0.15) is 26.4 Å². The Morgan fingerprint density at radius 2 is 1.95 bits per heavy atom. The van der Waals surface area contributed by atoms with E-state index < -0.39 is 0 Å². The topological polar surface area (TPSA) is 38.3 Å². The number of hydrogen-bond acceptors (Lipinski definition) is 4. The molecule has 0 radical (unpaired) electrons. The molecule has 0 aliphatic carbocycles. The monoisotopic (exact) mass is 289 g/mol. The number of hydrogen-bond donors (Lipinski definition) is 1. The highest BCUT2D eigenvalue weighted by molar-refractivity contribution is 7.16. The summed E-state index contributed by atoms with van der Waals surface area (Å²) in [6.07, 6.45) is 1.91. The Bertz CT molecular complexity index is 587. The first-order valence-corrected chi connectivity index (χ1v) is 7.40. The van der Waals surface area contributed by atoms with Crippen LogP contribution < -0.4 is 5.32 Å². The lowest BCUT2D eigenvalue weighted by atomic mass is 10.1. The Hall–Kier alpha value is -1.81. The SMILES string of the molecule is CNc1sc(CCc2ccc(C)cc2)cc1C(=O)OC. The zero-order valence-corrected chi connectivity index (χ0v) is 12.8. The van der Waals surface area contributed by atoms with Crippen molar-refractivity contribution in [2.24, 2.45) is 0 Å². The first-order chi connectivity index (χ1) is 9.63. The lowest BCUT2D eigenvalue weighted by molar-refractivity contribution is 0.0602. The highest BCUT2D eigenvalue weighted by Crippen LogP contribution is 2.29. The van der Waals surface area contributed by atoms with Crippen LogP contribution in [-0.2, 0) is 17.6 Å². The fourth-order valence-electron chi connectivity index (χ4n) is 2.03. The van der Waals surface area contributed by atoms with E-state index in [1.54, 1.807) is 11.3 Å². The lowest BCUT2D eigenvalue weighted by Gasteiger charge is -2.00. The molecule has 0 spiro atoms. The van der Waals surface area contributed by atoms with Crippen molar-refractivity contribution >= 4 is 22.3 Å². The Morgan fingerprint density at radius 3 is 2.55 bits per heavy atom. The molecule has 106 valence electrons. The molecule has 3 nitrogen and oxygen atoms in total. The normalized spacial score (nSPS) is 10.3. The number of nitrogens with one attached hydrogen (secondary N) is 1. The van der Waals surface area contributed by atoms with E-state index in [0.717, 1.165) is 17.8 Å². The maximum atomic E-state index is 11.7. The number of rotatable bonds is 5. The zero-order valence-electron chi connectivity index (χ0n) is 12.0. The van der Waals surface area contributed by atoms with Crippen LogP contribution in [0.3, 0.4) is 0 Å². The molecular weight excluding hydrogens is 270 g/mol. The van der Waals surface area contributed by atoms with Crippen LogP contribution in [0.15, 0.2) is 30.3 Å². The number of ether oxygens (including phenoxy) is 1. The van der Waals surface area contributed by atoms with Crippen molar-refractivity contribution in [3.8, 4) is 0 Å². The Labute approximate surface area is 123 Å². The van der Waals surface area contributed by atoms with Crippen LogP contribution in [-0.4, -0.2) is 20.1 Å². The first kappa shape index (κ1) is 14.6. The fraction of sp³-hybridized carbons (Fsp3) is 0.312. The van der Waals surface area contributed by atoms with Gasteiger partial charge < -0.3 is 10.1 Å². The van der Waals surface area contributed by atoms with Gasteiger partial charge in [-0.3, -0.25) is 0 Å². The van der Waals surface area contributed by atoms with Crippen molar-refractivity contribution in [3.05, 3.63) is 51.9 Å². The van der Waals surface area contributed by atoms with Gasteiger partial charge in [0.2, 0.25) is 0 Å². The fourth-order valence-corrected chi connectivity index (χ4v) is 3.03. The third-order valence-corrected chi connectivity index (χ3v) is 4.41. The standard InChI is InChI=1S/C16H19NO2S/c1-11-4-6-12(7-5-11)8-9-13-10-14(16(18)19-3)15(17-2)20-13/h4-7,10,17H,8-9H2,1-3H3. The van der Waals surface area contributed by atoms with Gasteiger partial charge in [0.25, 0.3) is 0 Å². The zero-order chi connectivity index (χ0) is 14.5. The van der Waals surface area contributed by atoms with Crippen molar-refractivity contribution in [1.82, 2.24) is 0 Å². The molecule has 0 atom stereocenters. The molecule has 0 bridgehead atoms. The highest BCUT2D eigenvalue weighted by Gasteiger charge is 2.15. The van der Waals surface area contributed by atoms with Crippen LogP contribution in [0, 0.1) is 6.92 Å². The second-order valence-electron chi connectivity index (χ2n) is 4.68. The minimum absolute atomic E-state index is 0.285. The molecule has 0 fully saturated rings. The number of anilines is 1. The summed E-state index contributed by atoms with van der Waals surface area (Å²) in [5, 5.41) is 3.93. The van der Waals surface area contributed by atoms with E-state index in [4.69, 9.17) is 4.74 Å². The molecule has 1 N–H and O–H groups in total. The van der Waals surface area contributed by atoms with Crippen molar-refractivity contribution < 1.29 is 9.53 Å². The van der Waals surface area contributed by atoms with E-state index in [1.165, 1.54) is 23.1 Å². The van der Waals surface area contributed by atoms with Gasteiger partial charge in [-0.25, -0.2) is 4.79 Å². The lowest BCUT2D eigenvalue weighted by Crippen LogP contribution is -2.02. The average Bonchev–Trinajstić information content (AvgIpc) is 2.89. The van der Waals surface area contributed by atoms with Gasteiger partial charge in [0, 0.05) is 11.9 Å². The van der Waals surface area contributed by atoms with Crippen LogP contribution >= 0.6 is 11.3 Å². The van der Waals surface area contributed by atoms with Gasteiger partial charge in [-0.1, -0.05) is 29.8 Å². The molecule has 0 aliphatic rings. The van der Waals surface area contributed by atoms with Gasteiger partial charge >= 0.3 is 5.97 Å². The summed E-state index contributed by atoms with van der Waals surface area (Å²) >= 11 is 1.61. The number of carbonyl (C=O) groups excluding carboxylic acids is 1. The largest absolute Gasteiger partial charge is 0.465 e. The summed E-state index contributed by atoms with van der Waals surface area (Å²) in [5.41, 5.74) is 3.21. The Morgan fingerprint density at radius 1 is 1.25 bits per heavy atom. The molecular formula is C16H19NO2S. The van der Waals surface area contributed by atoms with E-state index in [1.807, 2.05) is 13.1 Å². The second kappa shape index (κ2) is 6.57. The molecule has 0 unspecified atom stereocenters. The van der Waals surface area contributed by atoms with Gasteiger partial charge in [-0.15, -0.1) is 11.3 Å². The smallest absolute Gasteiger partial charge is 0.340 e. The van der Waals surface area contributed by atoms with Crippen molar-refractivity contribution in [1.29, 1.82) is 0 Å². The van der Waals surface area contributed by atoms with E-state index in [2.05, 4.69) is 36.5 Å². The molecule has 4 heteroatoms. The van der Waals surface area contributed by atoms with E-state index >= 15 is 0 Å². The first-order valence-electron chi connectivity index (χ1n) is 6.58. The second-order valence-corrected chi connectivity index (χ2v) is 5.82. The predicted molar refractivity (Wildman–Crippen MR) is 83.8 cm³/mol. The average molecular weight is 289 g/mol. The van der Waals surface area contributed by atoms with Crippen molar-refractivity contribution in [2.75, 3.05) is 19.5 Å².